The van der Waals surface area contributed by atoms with E-state index in [1.807, 2.05) is 0 Å². The minimum atomic E-state index is -0.760. The number of carbonyl (C=O) groups excluding carboxylic acids is 3. The molecule has 0 fully saturated rings. The Hall–Kier alpha value is -1.59. The lowest BCUT2D eigenvalue weighted by atomic mass is 9.99. The van der Waals surface area contributed by atoms with Crippen molar-refractivity contribution in [3.63, 3.8) is 0 Å². The summed E-state index contributed by atoms with van der Waals surface area (Å²) in [7, 11) is 0. The van der Waals surface area contributed by atoms with E-state index in [1.165, 1.54) is 154 Å². The third-order valence-corrected chi connectivity index (χ3v) is 11.3. The van der Waals surface area contributed by atoms with Gasteiger partial charge in [-0.25, -0.2) is 0 Å². The molecule has 0 bridgehead atoms. The van der Waals surface area contributed by atoms with Crippen LogP contribution in [-0.2, 0) is 28.6 Å². The van der Waals surface area contributed by atoms with E-state index in [9.17, 15) is 14.4 Å². The van der Waals surface area contributed by atoms with E-state index < -0.39 is 6.10 Å². The largest absolute Gasteiger partial charge is 0.462 e. The third-order valence-electron chi connectivity index (χ3n) is 11.3. The molecule has 0 amide bonds. The fourth-order valence-corrected chi connectivity index (χ4v) is 7.25. The smallest absolute Gasteiger partial charge is 0.306 e. The second-order valence-electron chi connectivity index (χ2n) is 17.5. The molecule has 0 saturated carbocycles. The van der Waals surface area contributed by atoms with Gasteiger partial charge in [-0.1, -0.05) is 227 Å². The van der Waals surface area contributed by atoms with Crippen LogP contribution in [0.5, 0.6) is 0 Å². The lowest BCUT2D eigenvalue weighted by Crippen LogP contribution is -2.30. The Bertz CT molecular complexity index is 841. The number of hydrogen-bond donors (Lipinski definition) is 0. The molecule has 55 heavy (non-hydrogen) atoms. The summed E-state index contributed by atoms with van der Waals surface area (Å²) in [4.78, 5) is 37.8. The van der Waals surface area contributed by atoms with Gasteiger partial charge in [0.05, 0.1) is 0 Å². The Morgan fingerprint density at radius 1 is 0.382 bits per heavy atom. The maximum absolute atomic E-state index is 12.7. The van der Waals surface area contributed by atoms with Gasteiger partial charge in [-0.05, 0) is 31.1 Å². The molecule has 6 nitrogen and oxygen atoms in total. The molecule has 0 N–H and O–H groups in total. The normalized spacial score (nSPS) is 12.5. The predicted octanol–water partition coefficient (Wildman–Crippen LogP) is 15.4. The molecule has 0 heterocycles. The number of hydrogen-bond acceptors (Lipinski definition) is 6. The van der Waals surface area contributed by atoms with Crippen molar-refractivity contribution in [2.45, 2.75) is 272 Å². The fraction of sp³-hybridized carbons (Fsp3) is 0.939. The first-order chi connectivity index (χ1) is 26.8. The molecule has 1 unspecified atom stereocenters. The van der Waals surface area contributed by atoms with E-state index in [2.05, 4.69) is 34.6 Å². The van der Waals surface area contributed by atoms with Gasteiger partial charge in [-0.2, -0.15) is 0 Å². The first-order valence-electron chi connectivity index (χ1n) is 24.3. The van der Waals surface area contributed by atoms with Crippen LogP contribution in [0, 0.1) is 11.8 Å². The van der Waals surface area contributed by atoms with E-state index in [-0.39, 0.29) is 31.1 Å². The van der Waals surface area contributed by atoms with Crippen LogP contribution in [-0.4, -0.2) is 37.2 Å². The van der Waals surface area contributed by atoms with Crippen molar-refractivity contribution in [3.05, 3.63) is 0 Å². The highest BCUT2D eigenvalue weighted by Gasteiger charge is 2.19. The van der Waals surface area contributed by atoms with E-state index >= 15 is 0 Å². The van der Waals surface area contributed by atoms with Crippen LogP contribution in [0.15, 0.2) is 0 Å². The number of unbranched alkanes of at least 4 members (excludes halogenated alkanes) is 27. The minimum absolute atomic E-state index is 0.0645. The van der Waals surface area contributed by atoms with Crippen molar-refractivity contribution < 1.29 is 28.6 Å². The van der Waals surface area contributed by atoms with Crippen molar-refractivity contribution in [1.82, 2.24) is 0 Å². The van der Waals surface area contributed by atoms with Gasteiger partial charge < -0.3 is 14.2 Å². The van der Waals surface area contributed by atoms with Crippen LogP contribution in [0.3, 0.4) is 0 Å². The number of ether oxygens (including phenoxy) is 3. The van der Waals surface area contributed by atoms with Gasteiger partial charge in [0, 0.05) is 19.3 Å². The Morgan fingerprint density at radius 2 is 0.691 bits per heavy atom. The molecule has 0 spiro atoms. The van der Waals surface area contributed by atoms with Gasteiger partial charge in [0.1, 0.15) is 13.2 Å². The zero-order valence-corrected chi connectivity index (χ0v) is 37.6. The molecule has 0 rings (SSSR count). The summed E-state index contributed by atoms with van der Waals surface area (Å²) in [6.07, 6.45) is 40.8. The third kappa shape index (κ3) is 41.9. The van der Waals surface area contributed by atoms with Gasteiger partial charge in [0.2, 0.25) is 0 Å². The van der Waals surface area contributed by atoms with Gasteiger partial charge in [-0.3, -0.25) is 14.4 Å². The van der Waals surface area contributed by atoms with E-state index in [0.29, 0.717) is 19.3 Å². The molecule has 0 aliphatic heterocycles. The van der Waals surface area contributed by atoms with Gasteiger partial charge in [-0.15, -0.1) is 0 Å². The van der Waals surface area contributed by atoms with Crippen molar-refractivity contribution >= 4 is 17.9 Å². The molecule has 0 saturated heterocycles. The van der Waals surface area contributed by atoms with Crippen LogP contribution in [0.1, 0.15) is 266 Å². The second-order valence-corrected chi connectivity index (χ2v) is 17.5. The van der Waals surface area contributed by atoms with Crippen LogP contribution in [0.25, 0.3) is 0 Å². The van der Waals surface area contributed by atoms with Crippen LogP contribution in [0.2, 0.25) is 0 Å². The lowest BCUT2D eigenvalue weighted by molar-refractivity contribution is -0.167. The van der Waals surface area contributed by atoms with Crippen molar-refractivity contribution in [1.29, 1.82) is 0 Å². The number of rotatable bonds is 43. The summed E-state index contributed by atoms with van der Waals surface area (Å²) in [6, 6.07) is 0. The molecular formula is C49H94O6. The number of esters is 3. The molecule has 326 valence electrons. The molecular weight excluding hydrogens is 685 g/mol. The predicted molar refractivity (Wildman–Crippen MR) is 233 cm³/mol. The standard InChI is InChI=1S/C49H94O6/c1-6-8-9-10-11-12-19-24-29-34-39-47(50)53-42-46(43-54-48(51)40-35-30-25-20-15-13-17-22-27-32-37-44(3)4)55-49(52)41-36-31-26-21-16-14-18-23-28-33-38-45(5)7-2/h44-46H,6-43H2,1-5H3/t45?,46-/m1/s1. The Morgan fingerprint density at radius 3 is 1.04 bits per heavy atom. The minimum Gasteiger partial charge on any atom is -0.462 e. The maximum atomic E-state index is 12.7. The first kappa shape index (κ1) is 53.4. The van der Waals surface area contributed by atoms with E-state index in [1.54, 1.807) is 0 Å². The first-order valence-corrected chi connectivity index (χ1v) is 24.3. The summed E-state index contributed by atoms with van der Waals surface area (Å²) >= 11 is 0. The van der Waals surface area contributed by atoms with Crippen molar-refractivity contribution in [2.24, 2.45) is 11.8 Å². The van der Waals surface area contributed by atoms with Gasteiger partial charge in [0.25, 0.3) is 0 Å². The molecule has 0 aromatic heterocycles. The topological polar surface area (TPSA) is 78.9 Å². The van der Waals surface area contributed by atoms with Crippen molar-refractivity contribution in [3.8, 4) is 0 Å². The van der Waals surface area contributed by atoms with E-state index in [4.69, 9.17) is 14.2 Å². The fourth-order valence-electron chi connectivity index (χ4n) is 7.25. The lowest BCUT2D eigenvalue weighted by Gasteiger charge is -2.18. The van der Waals surface area contributed by atoms with E-state index in [0.717, 1.165) is 69.6 Å². The second kappa shape index (κ2) is 42.0. The molecule has 0 aromatic carbocycles. The summed E-state index contributed by atoms with van der Waals surface area (Å²) in [5.74, 6) is 0.831. The maximum Gasteiger partial charge on any atom is 0.306 e. The molecule has 0 aromatic rings. The average Bonchev–Trinajstić information content (AvgIpc) is 3.17. The molecule has 2 atom stereocenters. The monoisotopic (exact) mass is 779 g/mol. The number of carbonyl (C=O) groups is 3. The molecule has 0 radical (unpaired) electrons. The van der Waals surface area contributed by atoms with Crippen LogP contribution in [0.4, 0.5) is 0 Å². The average molecular weight is 779 g/mol. The van der Waals surface area contributed by atoms with Crippen molar-refractivity contribution in [2.75, 3.05) is 13.2 Å². The highest BCUT2D eigenvalue weighted by Crippen LogP contribution is 2.17. The molecule has 0 aliphatic rings. The zero-order valence-electron chi connectivity index (χ0n) is 37.6. The summed E-state index contributed by atoms with van der Waals surface area (Å²) in [5, 5.41) is 0. The SMILES string of the molecule is CCCCCCCCCCCCC(=O)OC[C@H](COC(=O)CCCCCCCCCCCCC(C)C)OC(=O)CCCCCCCCCCCCC(C)CC. The Kier molecular flexibility index (Phi) is 40.8. The molecule has 0 aliphatic carbocycles. The Balaban J connectivity index is 4.33. The Labute approximate surface area is 342 Å². The highest BCUT2D eigenvalue weighted by molar-refractivity contribution is 5.71. The van der Waals surface area contributed by atoms with Gasteiger partial charge in [0.15, 0.2) is 6.10 Å². The summed E-state index contributed by atoms with van der Waals surface area (Å²) in [5.41, 5.74) is 0. The van der Waals surface area contributed by atoms with Crippen LogP contribution < -0.4 is 0 Å². The zero-order chi connectivity index (χ0) is 40.5. The van der Waals surface area contributed by atoms with Crippen LogP contribution >= 0.6 is 0 Å². The quantitative estimate of drug-likeness (QED) is 0.0348. The highest BCUT2D eigenvalue weighted by atomic mass is 16.6. The summed E-state index contributed by atoms with van der Waals surface area (Å²) < 4.78 is 16.7. The van der Waals surface area contributed by atoms with Gasteiger partial charge >= 0.3 is 17.9 Å². The summed E-state index contributed by atoms with van der Waals surface area (Å²) in [6.45, 7) is 11.4. The molecule has 6 heteroatoms.